The lowest BCUT2D eigenvalue weighted by Crippen LogP contribution is -2.60. The summed E-state index contributed by atoms with van der Waals surface area (Å²) >= 11 is 0. The van der Waals surface area contributed by atoms with E-state index in [1.807, 2.05) is 91.0 Å². The minimum absolute atomic E-state index is 0.346. The summed E-state index contributed by atoms with van der Waals surface area (Å²) < 4.78 is 25.6. The zero-order chi connectivity index (χ0) is 19.6. The van der Waals surface area contributed by atoms with Crippen molar-refractivity contribution in [2.75, 3.05) is 19.3 Å². The van der Waals surface area contributed by atoms with Crippen molar-refractivity contribution in [2.45, 2.75) is 5.54 Å². The summed E-state index contributed by atoms with van der Waals surface area (Å²) in [7, 11) is -3.25. The number of aliphatic imine (C=N–C) groups is 1. The van der Waals surface area contributed by atoms with Crippen LogP contribution >= 0.6 is 0 Å². The quantitative estimate of drug-likeness (QED) is 0.624. The van der Waals surface area contributed by atoms with Crippen LogP contribution in [0, 0.1) is 0 Å². The highest BCUT2D eigenvalue weighted by atomic mass is 32.2. The van der Waals surface area contributed by atoms with E-state index < -0.39 is 15.6 Å². The summed E-state index contributed by atoms with van der Waals surface area (Å²) in [4.78, 5) is 5.20. The van der Waals surface area contributed by atoms with Crippen molar-refractivity contribution < 1.29 is 8.42 Å². The molecule has 4 rings (SSSR count). The molecule has 1 fully saturated rings. The van der Waals surface area contributed by atoms with E-state index in [4.69, 9.17) is 4.99 Å². The highest BCUT2D eigenvalue weighted by molar-refractivity contribution is 7.88. The lowest BCUT2D eigenvalue weighted by atomic mass is 9.84. The molecular weight excluding hydrogens is 368 g/mol. The number of nitrogens with zero attached hydrogens (tertiary/aromatic N) is 2. The van der Waals surface area contributed by atoms with E-state index in [0.717, 1.165) is 22.4 Å². The molecule has 0 saturated carbocycles. The predicted octanol–water partition coefficient (Wildman–Crippen LogP) is 3.69. The lowest BCUT2D eigenvalue weighted by molar-refractivity contribution is 0.162. The van der Waals surface area contributed by atoms with E-state index in [1.165, 1.54) is 10.6 Å². The molecule has 0 atom stereocenters. The molecule has 0 amide bonds. The fraction of sp³-hybridized carbons (Fsp3) is 0.174. The normalized spacial score (nSPS) is 16.2. The zero-order valence-electron chi connectivity index (χ0n) is 15.7. The molecule has 0 bridgehead atoms. The Morgan fingerprint density at radius 3 is 1.64 bits per heavy atom. The third-order valence-electron chi connectivity index (χ3n) is 5.08. The third-order valence-corrected chi connectivity index (χ3v) is 6.27. The Hall–Kier alpha value is -2.76. The van der Waals surface area contributed by atoms with Gasteiger partial charge < -0.3 is 0 Å². The minimum Gasteiger partial charge on any atom is -0.270 e. The average Bonchev–Trinajstić information content (AvgIpc) is 2.68. The van der Waals surface area contributed by atoms with Gasteiger partial charge in [-0.25, -0.2) is 8.42 Å². The Kier molecular flexibility index (Phi) is 4.87. The molecule has 142 valence electrons. The molecule has 1 saturated heterocycles. The lowest BCUT2D eigenvalue weighted by Gasteiger charge is -2.46. The molecule has 0 unspecified atom stereocenters. The Labute approximate surface area is 166 Å². The predicted molar refractivity (Wildman–Crippen MR) is 113 cm³/mol. The number of hydrogen-bond donors (Lipinski definition) is 0. The smallest absolute Gasteiger partial charge is 0.211 e. The van der Waals surface area contributed by atoms with Gasteiger partial charge in [-0.2, -0.15) is 4.31 Å². The van der Waals surface area contributed by atoms with Gasteiger partial charge in [0.2, 0.25) is 10.0 Å². The van der Waals surface area contributed by atoms with Crippen molar-refractivity contribution in [1.82, 2.24) is 4.31 Å². The van der Waals surface area contributed by atoms with E-state index in [-0.39, 0.29) is 0 Å². The number of sulfonamides is 1. The maximum atomic E-state index is 12.0. The van der Waals surface area contributed by atoms with Gasteiger partial charge in [0.05, 0.1) is 12.0 Å². The molecule has 0 N–H and O–H groups in total. The Bertz CT molecular complexity index is 1030. The molecule has 3 aromatic rings. The van der Waals surface area contributed by atoms with Gasteiger partial charge in [-0.1, -0.05) is 91.0 Å². The van der Waals surface area contributed by atoms with Crippen molar-refractivity contribution in [3.8, 4) is 0 Å². The molecule has 5 heteroatoms. The van der Waals surface area contributed by atoms with E-state index in [1.54, 1.807) is 0 Å². The third kappa shape index (κ3) is 3.63. The van der Waals surface area contributed by atoms with Crippen LogP contribution in [0.5, 0.6) is 0 Å². The van der Waals surface area contributed by atoms with E-state index in [2.05, 4.69) is 0 Å². The average molecular weight is 391 g/mol. The van der Waals surface area contributed by atoms with Crippen LogP contribution < -0.4 is 0 Å². The van der Waals surface area contributed by atoms with Crippen molar-refractivity contribution in [1.29, 1.82) is 0 Å². The highest BCUT2D eigenvalue weighted by Crippen LogP contribution is 2.38. The number of rotatable bonds is 5. The van der Waals surface area contributed by atoms with Crippen LogP contribution in [0.2, 0.25) is 0 Å². The SMILES string of the molecule is CS(=O)(=O)N1CC(N=C(c2ccccc2)c2ccccc2)(c2ccccc2)C1. The molecule has 1 aliphatic rings. The topological polar surface area (TPSA) is 49.7 Å². The maximum Gasteiger partial charge on any atom is 0.211 e. The van der Waals surface area contributed by atoms with E-state index in [0.29, 0.717) is 13.1 Å². The van der Waals surface area contributed by atoms with Crippen LogP contribution in [0.1, 0.15) is 16.7 Å². The molecule has 1 aliphatic heterocycles. The van der Waals surface area contributed by atoms with E-state index in [9.17, 15) is 8.42 Å². The van der Waals surface area contributed by atoms with Crippen LogP contribution in [0.4, 0.5) is 0 Å². The molecule has 0 radical (unpaired) electrons. The van der Waals surface area contributed by atoms with Gasteiger partial charge in [0, 0.05) is 24.2 Å². The van der Waals surface area contributed by atoms with Gasteiger partial charge in [-0.05, 0) is 5.56 Å². The molecular formula is C23H22N2O2S. The first-order valence-electron chi connectivity index (χ1n) is 9.19. The summed E-state index contributed by atoms with van der Waals surface area (Å²) in [5, 5.41) is 0. The van der Waals surface area contributed by atoms with Crippen LogP contribution in [-0.4, -0.2) is 37.8 Å². The maximum absolute atomic E-state index is 12.0. The second kappa shape index (κ2) is 7.34. The summed E-state index contributed by atoms with van der Waals surface area (Å²) in [6, 6.07) is 30.0. The fourth-order valence-corrected chi connectivity index (χ4v) is 4.44. The van der Waals surface area contributed by atoms with Crippen molar-refractivity contribution >= 4 is 15.7 Å². The first-order chi connectivity index (χ1) is 13.5. The zero-order valence-corrected chi connectivity index (χ0v) is 16.5. The standard InChI is InChI=1S/C23H22N2O2S/c1-28(26,27)25-17-23(18-25,21-15-9-4-10-16-21)24-22(19-11-5-2-6-12-19)20-13-7-3-8-14-20/h2-16H,17-18H2,1H3. The Morgan fingerprint density at radius 1 is 0.786 bits per heavy atom. The molecule has 1 heterocycles. The highest BCUT2D eigenvalue weighted by Gasteiger charge is 2.48. The Morgan fingerprint density at radius 2 is 1.21 bits per heavy atom. The summed E-state index contributed by atoms with van der Waals surface area (Å²) in [6.07, 6.45) is 1.25. The minimum atomic E-state index is -3.25. The van der Waals surface area contributed by atoms with Gasteiger partial charge in [0.25, 0.3) is 0 Å². The van der Waals surface area contributed by atoms with Crippen LogP contribution in [0.15, 0.2) is 96.0 Å². The van der Waals surface area contributed by atoms with Gasteiger partial charge in [-0.15, -0.1) is 0 Å². The molecule has 0 aromatic heterocycles. The second-order valence-electron chi connectivity index (χ2n) is 7.12. The first-order valence-corrected chi connectivity index (χ1v) is 11.0. The fourth-order valence-electron chi connectivity index (χ4n) is 3.54. The van der Waals surface area contributed by atoms with Crippen LogP contribution in [0.25, 0.3) is 0 Å². The molecule has 3 aromatic carbocycles. The van der Waals surface area contributed by atoms with Crippen LogP contribution in [-0.2, 0) is 15.6 Å². The van der Waals surface area contributed by atoms with Crippen molar-refractivity contribution in [3.05, 3.63) is 108 Å². The summed E-state index contributed by atoms with van der Waals surface area (Å²) in [6.45, 7) is 0.692. The second-order valence-corrected chi connectivity index (χ2v) is 9.10. The Balaban J connectivity index is 1.86. The molecule has 0 spiro atoms. The summed E-state index contributed by atoms with van der Waals surface area (Å²) in [5.41, 5.74) is 3.34. The molecule has 4 nitrogen and oxygen atoms in total. The number of hydrogen-bond acceptors (Lipinski definition) is 3. The van der Waals surface area contributed by atoms with Gasteiger partial charge >= 0.3 is 0 Å². The van der Waals surface area contributed by atoms with E-state index >= 15 is 0 Å². The first kappa shape index (κ1) is 18.6. The monoisotopic (exact) mass is 390 g/mol. The van der Waals surface area contributed by atoms with Crippen LogP contribution in [0.3, 0.4) is 0 Å². The van der Waals surface area contributed by atoms with Crippen molar-refractivity contribution in [3.63, 3.8) is 0 Å². The number of benzene rings is 3. The van der Waals surface area contributed by atoms with Gasteiger partial charge in [-0.3, -0.25) is 4.99 Å². The van der Waals surface area contributed by atoms with Crippen molar-refractivity contribution in [2.24, 2.45) is 4.99 Å². The molecule has 28 heavy (non-hydrogen) atoms. The van der Waals surface area contributed by atoms with Gasteiger partial charge in [0.15, 0.2) is 0 Å². The molecule has 0 aliphatic carbocycles. The van der Waals surface area contributed by atoms with Gasteiger partial charge in [0.1, 0.15) is 5.54 Å². The largest absolute Gasteiger partial charge is 0.270 e. The summed E-state index contributed by atoms with van der Waals surface area (Å²) in [5.74, 6) is 0.